The van der Waals surface area contributed by atoms with Crippen molar-refractivity contribution in [1.29, 1.82) is 0 Å². The number of carbonyl (C=O) groups is 4. The Labute approximate surface area is 284 Å². The highest BCUT2D eigenvalue weighted by atomic mass is 16.2. The van der Waals surface area contributed by atoms with Gasteiger partial charge >= 0.3 is 0 Å². The van der Waals surface area contributed by atoms with Crippen molar-refractivity contribution >= 4 is 51.1 Å². The van der Waals surface area contributed by atoms with E-state index in [4.69, 9.17) is 0 Å². The summed E-state index contributed by atoms with van der Waals surface area (Å²) in [4.78, 5) is 62.9. The molecule has 2 aromatic carbocycles. The van der Waals surface area contributed by atoms with Gasteiger partial charge in [0.2, 0.25) is 11.8 Å². The summed E-state index contributed by atoms with van der Waals surface area (Å²) in [5, 5.41) is 4.63. The Balaban J connectivity index is 0.807. The molecule has 4 amide bonds. The average Bonchev–Trinajstić information content (AvgIpc) is 3.55. The first kappa shape index (κ1) is 31.2. The Hall–Kier alpha value is -5.05. The van der Waals surface area contributed by atoms with Crippen LogP contribution >= 0.6 is 0 Å². The van der Waals surface area contributed by atoms with Gasteiger partial charge in [-0.3, -0.25) is 39.3 Å². The molecule has 3 fully saturated rings. The monoisotopic (exact) mass is 657 g/mol. The highest BCUT2D eigenvalue weighted by molar-refractivity contribution is 6.23. The van der Waals surface area contributed by atoms with Gasteiger partial charge in [-0.1, -0.05) is 17.9 Å². The number of benzene rings is 2. The number of aryl methyl sites for hydroxylation is 1. The minimum absolute atomic E-state index is 0.107. The number of nitrogens with one attached hydrogen (secondary N) is 1. The van der Waals surface area contributed by atoms with E-state index in [1.807, 2.05) is 18.5 Å². The fraction of sp³-hybridized carbons (Fsp3) is 0.395. The van der Waals surface area contributed by atoms with Gasteiger partial charge in [-0.2, -0.15) is 0 Å². The van der Waals surface area contributed by atoms with Crippen LogP contribution in [0.1, 0.15) is 52.0 Å². The number of amides is 4. The second-order valence-electron chi connectivity index (χ2n) is 13.6. The summed E-state index contributed by atoms with van der Waals surface area (Å²) in [6.45, 7) is 7.69. The minimum atomic E-state index is -0.953. The molecule has 49 heavy (non-hydrogen) atoms. The summed E-state index contributed by atoms with van der Waals surface area (Å²) >= 11 is 0. The third-order valence-corrected chi connectivity index (χ3v) is 10.7. The highest BCUT2D eigenvalue weighted by Crippen LogP contribution is 2.31. The Kier molecular flexibility index (Phi) is 8.14. The predicted octanol–water partition coefficient (Wildman–Crippen LogP) is 3.01. The molecule has 0 spiro atoms. The quantitative estimate of drug-likeness (QED) is 0.258. The van der Waals surface area contributed by atoms with Crippen LogP contribution in [0, 0.1) is 17.8 Å². The number of anilines is 1. The molecular weight excluding hydrogens is 618 g/mol. The van der Waals surface area contributed by atoms with Crippen LogP contribution < -0.4 is 10.2 Å². The van der Waals surface area contributed by atoms with Crippen LogP contribution in [0.5, 0.6) is 0 Å². The molecule has 11 nitrogen and oxygen atoms in total. The fourth-order valence-corrected chi connectivity index (χ4v) is 7.79. The van der Waals surface area contributed by atoms with Gasteiger partial charge in [-0.05, 0) is 68.8 Å². The van der Waals surface area contributed by atoms with Gasteiger partial charge < -0.3 is 14.4 Å². The van der Waals surface area contributed by atoms with Crippen molar-refractivity contribution in [2.75, 3.05) is 57.3 Å². The molecule has 11 heteroatoms. The molecule has 1 N–H and O–H groups in total. The number of hydrogen-bond acceptors (Lipinski definition) is 8. The third kappa shape index (κ3) is 5.85. The number of nitrogens with zero attached hydrogens (tertiary/aromatic N) is 6. The largest absolute Gasteiger partial charge is 0.369 e. The second kappa shape index (κ2) is 12.8. The van der Waals surface area contributed by atoms with E-state index in [2.05, 4.69) is 72.7 Å². The predicted molar refractivity (Wildman–Crippen MR) is 186 cm³/mol. The van der Waals surface area contributed by atoms with Crippen molar-refractivity contribution in [2.45, 2.75) is 31.7 Å². The van der Waals surface area contributed by atoms with Crippen LogP contribution in [0.15, 0.2) is 54.9 Å². The standard InChI is InChI=1S/C38H39N7O4/c1-41-32-10-13-39-24-31(32)28-6-4-26(22-34(28)41)3-2-25-11-14-42(15-12-25)16-17-43-18-20-44(21-19-43)27-5-7-29-30(23-27)38(49)45(37(29)48)33-8-9-35(46)40-36(33)47/h4-7,10,13,22-25,33H,8-9,11-12,14-21H2,1H3,(H,40,46,47). The third-order valence-electron chi connectivity index (χ3n) is 10.7. The van der Waals surface area contributed by atoms with Crippen LogP contribution in [0.3, 0.4) is 0 Å². The summed E-state index contributed by atoms with van der Waals surface area (Å²) in [6, 6.07) is 13.0. The van der Waals surface area contributed by atoms with Crippen molar-refractivity contribution in [2.24, 2.45) is 13.0 Å². The number of carbonyl (C=O) groups excluding carboxylic acids is 4. The van der Waals surface area contributed by atoms with E-state index in [1.165, 1.54) is 21.8 Å². The molecule has 0 radical (unpaired) electrons. The molecule has 0 bridgehead atoms. The van der Waals surface area contributed by atoms with Crippen molar-refractivity contribution in [3.8, 4) is 11.8 Å². The van der Waals surface area contributed by atoms with Gasteiger partial charge in [0.05, 0.1) is 22.2 Å². The van der Waals surface area contributed by atoms with Gasteiger partial charge in [0.25, 0.3) is 11.8 Å². The Bertz CT molecular complexity index is 2060. The number of rotatable bonds is 5. The second-order valence-corrected chi connectivity index (χ2v) is 13.6. The van der Waals surface area contributed by atoms with E-state index in [9.17, 15) is 19.2 Å². The lowest BCUT2D eigenvalue weighted by Crippen LogP contribution is -2.54. The molecule has 1 unspecified atom stereocenters. The van der Waals surface area contributed by atoms with Gasteiger partial charge in [-0.25, -0.2) is 0 Å². The zero-order valence-corrected chi connectivity index (χ0v) is 27.7. The number of aromatic nitrogens is 2. The number of likely N-dealkylation sites (tertiary alicyclic amines) is 1. The summed E-state index contributed by atoms with van der Waals surface area (Å²) in [6.07, 6.45) is 6.20. The first-order valence-corrected chi connectivity index (χ1v) is 17.2. The lowest BCUT2D eigenvalue weighted by Gasteiger charge is -2.38. The lowest BCUT2D eigenvalue weighted by molar-refractivity contribution is -0.136. The summed E-state index contributed by atoms with van der Waals surface area (Å²) in [5.41, 5.74) is 4.96. The fourth-order valence-electron chi connectivity index (χ4n) is 7.79. The van der Waals surface area contributed by atoms with E-state index in [1.54, 1.807) is 12.1 Å². The Morgan fingerprint density at radius 2 is 1.55 bits per heavy atom. The molecule has 4 aliphatic heterocycles. The molecule has 8 rings (SSSR count). The van der Waals surface area contributed by atoms with Gasteiger partial charge in [0.15, 0.2) is 0 Å². The Morgan fingerprint density at radius 3 is 2.33 bits per heavy atom. The molecule has 2 aromatic heterocycles. The lowest BCUT2D eigenvalue weighted by atomic mass is 9.97. The van der Waals surface area contributed by atoms with Gasteiger partial charge in [-0.15, -0.1) is 0 Å². The van der Waals surface area contributed by atoms with Crippen LogP contribution in [-0.2, 0) is 16.6 Å². The zero-order chi connectivity index (χ0) is 33.6. The smallest absolute Gasteiger partial charge is 0.262 e. The molecule has 3 saturated heterocycles. The SMILES string of the molecule is Cn1c2ccncc2c2ccc(C#CC3CCN(CCN4CCN(c5ccc6c(c5)C(=O)N(C5CCC(=O)NC5=O)C6=O)CC4)CC3)cc21. The van der Waals surface area contributed by atoms with Crippen molar-refractivity contribution < 1.29 is 19.2 Å². The number of piperidine rings is 2. The summed E-state index contributed by atoms with van der Waals surface area (Å²) in [5.74, 6) is 5.52. The normalized spacial score (nSPS) is 21.0. The first-order valence-electron chi connectivity index (χ1n) is 17.2. The topological polar surface area (TPSA) is 111 Å². The molecule has 1 atom stereocenters. The summed E-state index contributed by atoms with van der Waals surface area (Å²) < 4.78 is 2.22. The summed E-state index contributed by atoms with van der Waals surface area (Å²) in [7, 11) is 2.10. The number of hydrogen-bond donors (Lipinski definition) is 1. The van der Waals surface area contributed by atoms with E-state index in [0.717, 1.165) is 81.4 Å². The zero-order valence-electron chi connectivity index (χ0n) is 27.7. The van der Waals surface area contributed by atoms with Crippen LogP contribution in [0.4, 0.5) is 5.69 Å². The number of imide groups is 2. The minimum Gasteiger partial charge on any atom is -0.369 e. The molecule has 6 heterocycles. The van der Waals surface area contributed by atoms with Crippen molar-refractivity contribution in [3.05, 3.63) is 71.5 Å². The van der Waals surface area contributed by atoms with Crippen molar-refractivity contribution in [3.63, 3.8) is 0 Å². The van der Waals surface area contributed by atoms with E-state index in [0.29, 0.717) is 17.0 Å². The number of pyridine rings is 1. The van der Waals surface area contributed by atoms with Crippen molar-refractivity contribution in [1.82, 2.24) is 29.6 Å². The number of fused-ring (bicyclic) bond motifs is 4. The molecule has 0 aliphatic carbocycles. The molecule has 250 valence electrons. The van der Waals surface area contributed by atoms with Crippen LogP contribution in [-0.4, -0.2) is 106 Å². The number of piperazine rings is 1. The molecule has 4 aromatic rings. The van der Waals surface area contributed by atoms with E-state index >= 15 is 0 Å². The first-order chi connectivity index (χ1) is 23.8. The maximum absolute atomic E-state index is 13.3. The van der Waals surface area contributed by atoms with E-state index < -0.39 is 23.8 Å². The maximum Gasteiger partial charge on any atom is 0.262 e. The van der Waals surface area contributed by atoms with Gasteiger partial charge in [0.1, 0.15) is 6.04 Å². The van der Waals surface area contributed by atoms with E-state index in [-0.39, 0.29) is 18.7 Å². The Morgan fingerprint density at radius 1 is 0.796 bits per heavy atom. The highest BCUT2D eigenvalue weighted by Gasteiger charge is 2.44. The molecule has 4 aliphatic rings. The molecular formula is C38H39N7O4. The van der Waals surface area contributed by atoms with Crippen LogP contribution in [0.25, 0.3) is 21.8 Å². The average molecular weight is 658 g/mol. The van der Waals surface area contributed by atoms with Crippen LogP contribution in [0.2, 0.25) is 0 Å². The van der Waals surface area contributed by atoms with Gasteiger partial charge in [0, 0.05) is 93.1 Å². The molecule has 0 saturated carbocycles. The maximum atomic E-state index is 13.3.